The van der Waals surface area contributed by atoms with Crippen LogP contribution in [0.5, 0.6) is 0 Å². The summed E-state index contributed by atoms with van der Waals surface area (Å²) in [5.74, 6) is 0. The number of nitrogens with zero attached hydrogens (tertiary/aromatic N) is 3. The van der Waals surface area contributed by atoms with Gasteiger partial charge in [-0.25, -0.2) is 0 Å². The first kappa shape index (κ1) is 14.1. The Morgan fingerprint density at radius 1 is 1.19 bits per heavy atom. The van der Waals surface area contributed by atoms with Crippen LogP contribution in [0, 0.1) is 0 Å². The Hall–Kier alpha value is -1.87. The van der Waals surface area contributed by atoms with E-state index < -0.39 is 0 Å². The molecule has 3 nitrogen and oxygen atoms in total. The average molecular weight is 281 g/mol. The topological polar surface area (TPSA) is 21.1 Å². The molecule has 1 aliphatic rings. The maximum atomic E-state index is 4.27. The molecule has 1 aromatic heterocycles. The third kappa shape index (κ3) is 3.08. The summed E-state index contributed by atoms with van der Waals surface area (Å²) < 4.78 is 1.85. The standard InChI is InChI=1S/C18H23N3/c1-20(2)18-9-5-8-16(11-18)14-6-4-7-15(10-14)17-12-19-21(3)13-17/h4,6-8,10,12-13,18H,5,9,11H2,1-3H3/t18-/m0/s1. The van der Waals surface area contributed by atoms with Gasteiger partial charge in [0.05, 0.1) is 6.20 Å². The van der Waals surface area contributed by atoms with Gasteiger partial charge >= 0.3 is 0 Å². The molecule has 1 atom stereocenters. The molecule has 0 saturated heterocycles. The molecule has 0 spiro atoms. The molecule has 2 aromatic rings. The first-order valence-corrected chi connectivity index (χ1v) is 7.58. The second-order valence-electron chi connectivity index (χ2n) is 6.11. The molecule has 3 heteroatoms. The van der Waals surface area contributed by atoms with E-state index in [2.05, 4.69) is 60.6 Å². The van der Waals surface area contributed by atoms with Crippen LogP contribution in [0.1, 0.15) is 24.8 Å². The summed E-state index contributed by atoms with van der Waals surface area (Å²) in [6.07, 6.45) is 9.98. The van der Waals surface area contributed by atoms with E-state index in [1.165, 1.54) is 35.1 Å². The second kappa shape index (κ2) is 5.86. The van der Waals surface area contributed by atoms with Crippen LogP contribution in [0.3, 0.4) is 0 Å². The van der Waals surface area contributed by atoms with Crippen molar-refractivity contribution in [3.8, 4) is 11.1 Å². The van der Waals surface area contributed by atoms with Gasteiger partial charge in [-0.3, -0.25) is 4.68 Å². The Labute approximate surface area is 126 Å². The van der Waals surface area contributed by atoms with Crippen LogP contribution in [0.25, 0.3) is 16.7 Å². The van der Waals surface area contributed by atoms with E-state index in [9.17, 15) is 0 Å². The fourth-order valence-electron chi connectivity index (χ4n) is 3.03. The fraction of sp³-hybridized carbons (Fsp3) is 0.389. The van der Waals surface area contributed by atoms with Crippen molar-refractivity contribution >= 4 is 5.57 Å². The van der Waals surface area contributed by atoms with Crippen LogP contribution in [-0.2, 0) is 7.05 Å². The van der Waals surface area contributed by atoms with Crippen molar-refractivity contribution in [1.82, 2.24) is 14.7 Å². The predicted molar refractivity (Wildman–Crippen MR) is 87.9 cm³/mol. The molecule has 0 aliphatic heterocycles. The van der Waals surface area contributed by atoms with E-state index in [1.54, 1.807) is 0 Å². The zero-order valence-electron chi connectivity index (χ0n) is 13.1. The van der Waals surface area contributed by atoms with Crippen molar-refractivity contribution in [2.45, 2.75) is 25.3 Å². The summed E-state index contributed by atoms with van der Waals surface area (Å²) in [6, 6.07) is 9.49. The first-order valence-electron chi connectivity index (χ1n) is 7.58. The van der Waals surface area contributed by atoms with Gasteiger partial charge in [-0.1, -0.05) is 24.3 Å². The lowest BCUT2D eigenvalue weighted by atomic mass is 9.88. The number of allylic oxidation sites excluding steroid dienone is 1. The molecule has 1 heterocycles. The van der Waals surface area contributed by atoms with Gasteiger partial charge in [0.25, 0.3) is 0 Å². The first-order chi connectivity index (χ1) is 10.1. The minimum Gasteiger partial charge on any atom is -0.306 e. The Morgan fingerprint density at radius 3 is 2.71 bits per heavy atom. The summed E-state index contributed by atoms with van der Waals surface area (Å²) in [5.41, 5.74) is 5.25. The zero-order valence-corrected chi connectivity index (χ0v) is 13.1. The minimum absolute atomic E-state index is 0.659. The van der Waals surface area contributed by atoms with Crippen LogP contribution in [0.4, 0.5) is 0 Å². The molecule has 21 heavy (non-hydrogen) atoms. The Kier molecular flexibility index (Phi) is 3.93. The number of benzene rings is 1. The Bertz CT molecular complexity index is 652. The zero-order chi connectivity index (χ0) is 14.8. The van der Waals surface area contributed by atoms with E-state index >= 15 is 0 Å². The number of rotatable bonds is 3. The molecule has 0 bridgehead atoms. The molecule has 0 N–H and O–H groups in total. The predicted octanol–water partition coefficient (Wildman–Crippen LogP) is 3.58. The largest absolute Gasteiger partial charge is 0.306 e. The van der Waals surface area contributed by atoms with Crippen LogP contribution >= 0.6 is 0 Å². The number of aryl methyl sites for hydroxylation is 1. The van der Waals surface area contributed by atoms with E-state index in [0.717, 1.165) is 6.42 Å². The van der Waals surface area contributed by atoms with Crippen molar-refractivity contribution in [3.63, 3.8) is 0 Å². The molecule has 1 aliphatic carbocycles. The maximum Gasteiger partial charge on any atom is 0.0568 e. The second-order valence-corrected chi connectivity index (χ2v) is 6.11. The lowest BCUT2D eigenvalue weighted by Gasteiger charge is -2.28. The van der Waals surface area contributed by atoms with Gasteiger partial charge in [0.15, 0.2) is 0 Å². The highest BCUT2D eigenvalue weighted by molar-refractivity contribution is 5.72. The normalized spacial score (nSPS) is 18.9. The molecule has 110 valence electrons. The quantitative estimate of drug-likeness (QED) is 0.857. The smallest absolute Gasteiger partial charge is 0.0568 e. The highest BCUT2D eigenvalue weighted by Crippen LogP contribution is 2.31. The van der Waals surface area contributed by atoms with Crippen LogP contribution < -0.4 is 0 Å². The fourth-order valence-corrected chi connectivity index (χ4v) is 3.03. The molecular weight excluding hydrogens is 258 g/mol. The molecule has 0 fully saturated rings. The lowest BCUT2D eigenvalue weighted by Crippen LogP contribution is -2.29. The maximum absolute atomic E-state index is 4.27. The monoisotopic (exact) mass is 281 g/mol. The van der Waals surface area contributed by atoms with E-state index in [-0.39, 0.29) is 0 Å². The Balaban J connectivity index is 1.88. The van der Waals surface area contributed by atoms with Gasteiger partial charge < -0.3 is 4.90 Å². The van der Waals surface area contributed by atoms with Gasteiger partial charge in [0.2, 0.25) is 0 Å². The molecule has 0 amide bonds. The SMILES string of the molecule is CN(C)[C@H]1CCC=C(c2cccc(-c3cnn(C)c3)c2)C1. The van der Waals surface area contributed by atoms with Crippen LogP contribution in [-0.4, -0.2) is 34.8 Å². The van der Waals surface area contributed by atoms with E-state index in [1.807, 2.05) is 17.9 Å². The lowest BCUT2D eigenvalue weighted by molar-refractivity contribution is 0.279. The van der Waals surface area contributed by atoms with Gasteiger partial charge in [-0.15, -0.1) is 0 Å². The molecule has 1 aromatic carbocycles. The molecule has 0 unspecified atom stereocenters. The highest BCUT2D eigenvalue weighted by Gasteiger charge is 2.18. The summed E-state index contributed by atoms with van der Waals surface area (Å²) in [6.45, 7) is 0. The van der Waals surface area contributed by atoms with Crippen molar-refractivity contribution < 1.29 is 0 Å². The van der Waals surface area contributed by atoms with E-state index in [4.69, 9.17) is 0 Å². The Morgan fingerprint density at radius 2 is 2.00 bits per heavy atom. The molecule has 3 rings (SSSR count). The summed E-state index contributed by atoms with van der Waals surface area (Å²) in [7, 11) is 6.32. The summed E-state index contributed by atoms with van der Waals surface area (Å²) >= 11 is 0. The average Bonchev–Trinajstić information content (AvgIpc) is 2.94. The highest BCUT2D eigenvalue weighted by atomic mass is 15.2. The van der Waals surface area contributed by atoms with Crippen LogP contribution in [0.2, 0.25) is 0 Å². The van der Waals surface area contributed by atoms with Gasteiger partial charge in [-0.2, -0.15) is 5.10 Å². The third-order valence-corrected chi connectivity index (χ3v) is 4.35. The molecule has 0 saturated carbocycles. The summed E-state index contributed by atoms with van der Waals surface area (Å²) in [5, 5.41) is 4.27. The number of aromatic nitrogens is 2. The van der Waals surface area contributed by atoms with Crippen molar-refractivity contribution in [3.05, 3.63) is 48.3 Å². The van der Waals surface area contributed by atoms with Crippen molar-refractivity contribution in [2.75, 3.05) is 14.1 Å². The minimum atomic E-state index is 0.659. The van der Waals surface area contributed by atoms with Crippen molar-refractivity contribution in [2.24, 2.45) is 7.05 Å². The van der Waals surface area contributed by atoms with E-state index in [0.29, 0.717) is 6.04 Å². The summed E-state index contributed by atoms with van der Waals surface area (Å²) in [4.78, 5) is 2.35. The molecular formula is C18H23N3. The number of hydrogen-bond acceptors (Lipinski definition) is 2. The third-order valence-electron chi connectivity index (χ3n) is 4.35. The molecule has 0 radical (unpaired) electrons. The van der Waals surface area contributed by atoms with Crippen molar-refractivity contribution in [1.29, 1.82) is 0 Å². The van der Waals surface area contributed by atoms with Crippen LogP contribution in [0.15, 0.2) is 42.7 Å². The van der Waals surface area contributed by atoms with Gasteiger partial charge in [-0.05, 0) is 56.1 Å². The number of hydrogen-bond donors (Lipinski definition) is 0. The van der Waals surface area contributed by atoms with Gasteiger partial charge in [0.1, 0.15) is 0 Å². The van der Waals surface area contributed by atoms with Gasteiger partial charge in [0, 0.05) is 24.8 Å².